The Morgan fingerprint density at radius 1 is 1.24 bits per heavy atom. The summed E-state index contributed by atoms with van der Waals surface area (Å²) in [7, 11) is 3.74. The van der Waals surface area contributed by atoms with Crippen LogP contribution in [0.4, 0.5) is 8.78 Å². The van der Waals surface area contributed by atoms with Gasteiger partial charge in [-0.05, 0) is 38.6 Å². The molecule has 0 aliphatic heterocycles. The first kappa shape index (κ1) is 24.0. The molecule has 0 spiro atoms. The van der Waals surface area contributed by atoms with E-state index in [0.717, 1.165) is 38.2 Å². The molecule has 8 heteroatoms. The molecule has 0 aromatic heterocycles. The van der Waals surface area contributed by atoms with Gasteiger partial charge in [0.05, 0.1) is 6.54 Å². The Balaban J connectivity index is 0.00000576. The van der Waals surface area contributed by atoms with E-state index in [-0.39, 0.29) is 36.1 Å². The van der Waals surface area contributed by atoms with E-state index in [0.29, 0.717) is 19.0 Å². The minimum atomic E-state index is -0.461. The molecule has 0 heterocycles. The highest BCUT2D eigenvalue weighted by molar-refractivity contribution is 14.0. The summed E-state index contributed by atoms with van der Waals surface area (Å²) in [5.74, 6) is -0.322. The molecule has 0 bridgehead atoms. The Kier molecular flexibility index (Phi) is 13.6. The second-order valence-electron chi connectivity index (χ2n) is 5.51. The van der Waals surface area contributed by atoms with Crippen LogP contribution in [-0.4, -0.2) is 57.8 Å². The fraction of sp³-hybridized carbons (Fsp3) is 0.588. The van der Waals surface area contributed by atoms with E-state index in [1.54, 1.807) is 7.11 Å². The minimum Gasteiger partial charge on any atom is -0.385 e. The molecular formula is C17H29F2IN4O. The third kappa shape index (κ3) is 10.6. The fourth-order valence-corrected chi connectivity index (χ4v) is 2.13. The molecule has 0 saturated heterocycles. The second kappa shape index (κ2) is 14.2. The van der Waals surface area contributed by atoms with Gasteiger partial charge in [-0.2, -0.15) is 0 Å². The summed E-state index contributed by atoms with van der Waals surface area (Å²) < 4.78 is 31.8. The standard InChI is InChI=1S/C17H28F2N4O.HI/c1-4-20-17(21-8-10-23(2)9-5-11-24-3)22-13-14-12-15(18)6-7-16(14)19;/h6-7,12H,4-5,8-11,13H2,1-3H3,(H2,20,21,22);1H. The van der Waals surface area contributed by atoms with Crippen LogP contribution in [0.25, 0.3) is 0 Å². The van der Waals surface area contributed by atoms with Crippen molar-refractivity contribution < 1.29 is 13.5 Å². The number of benzene rings is 1. The highest BCUT2D eigenvalue weighted by Gasteiger charge is 2.05. The molecule has 5 nitrogen and oxygen atoms in total. The molecule has 0 radical (unpaired) electrons. The first-order valence-corrected chi connectivity index (χ1v) is 8.20. The highest BCUT2D eigenvalue weighted by atomic mass is 127. The maximum Gasteiger partial charge on any atom is 0.191 e. The maximum absolute atomic E-state index is 13.6. The number of methoxy groups -OCH3 is 1. The maximum atomic E-state index is 13.6. The van der Waals surface area contributed by atoms with Crippen molar-refractivity contribution in [2.24, 2.45) is 4.99 Å². The second-order valence-corrected chi connectivity index (χ2v) is 5.51. The number of guanidine groups is 1. The van der Waals surface area contributed by atoms with Gasteiger partial charge in [0.25, 0.3) is 0 Å². The number of rotatable bonds is 10. The van der Waals surface area contributed by atoms with Crippen LogP contribution in [0.3, 0.4) is 0 Å². The molecule has 0 aliphatic carbocycles. The third-order valence-corrected chi connectivity index (χ3v) is 3.43. The average molecular weight is 470 g/mol. The van der Waals surface area contributed by atoms with Crippen LogP contribution in [0.1, 0.15) is 18.9 Å². The van der Waals surface area contributed by atoms with Gasteiger partial charge < -0.3 is 20.3 Å². The number of nitrogens with one attached hydrogen (secondary N) is 2. The number of likely N-dealkylation sites (N-methyl/N-ethyl adjacent to an activating group) is 1. The summed E-state index contributed by atoms with van der Waals surface area (Å²) in [5, 5.41) is 6.29. The largest absolute Gasteiger partial charge is 0.385 e. The summed E-state index contributed by atoms with van der Waals surface area (Å²) in [5.41, 5.74) is 0.240. The van der Waals surface area contributed by atoms with Crippen LogP contribution in [0.2, 0.25) is 0 Å². The van der Waals surface area contributed by atoms with Gasteiger partial charge in [0, 0.05) is 45.5 Å². The van der Waals surface area contributed by atoms with Gasteiger partial charge in [0.1, 0.15) is 11.6 Å². The van der Waals surface area contributed by atoms with E-state index in [2.05, 4.69) is 20.5 Å². The predicted octanol–water partition coefficient (Wildman–Crippen LogP) is 2.61. The molecular weight excluding hydrogens is 441 g/mol. The summed E-state index contributed by atoms with van der Waals surface area (Å²) in [4.78, 5) is 6.50. The predicted molar refractivity (Wildman–Crippen MR) is 109 cm³/mol. The van der Waals surface area contributed by atoms with Gasteiger partial charge in [-0.3, -0.25) is 0 Å². The molecule has 0 aliphatic rings. The van der Waals surface area contributed by atoms with Crippen LogP contribution in [-0.2, 0) is 11.3 Å². The average Bonchev–Trinajstić information content (AvgIpc) is 2.55. The minimum absolute atomic E-state index is 0. The van der Waals surface area contributed by atoms with Gasteiger partial charge in [0.15, 0.2) is 5.96 Å². The molecule has 1 rings (SSSR count). The van der Waals surface area contributed by atoms with Gasteiger partial charge in [-0.1, -0.05) is 0 Å². The normalized spacial score (nSPS) is 11.4. The van der Waals surface area contributed by atoms with Crippen molar-refractivity contribution in [3.63, 3.8) is 0 Å². The molecule has 1 aromatic rings. The molecule has 0 amide bonds. The SMILES string of the molecule is CCNC(=NCc1cc(F)ccc1F)NCCN(C)CCCOC.I. The van der Waals surface area contributed by atoms with Gasteiger partial charge in [0.2, 0.25) is 0 Å². The number of hydrogen-bond acceptors (Lipinski definition) is 3. The number of ether oxygens (including phenoxy) is 1. The van der Waals surface area contributed by atoms with E-state index in [4.69, 9.17) is 4.74 Å². The van der Waals surface area contributed by atoms with E-state index in [1.807, 2.05) is 14.0 Å². The molecule has 144 valence electrons. The van der Waals surface area contributed by atoms with Crippen molar-refractivity contribution in [1.29, 1.82) is 0 Å². The van der Waals surface area contributed by atoms with E-state index in [1.165, 1.54) is 6.07 Å². The van der Waals surface area contributed by atoms with E-state index >= 15 is 0 Å². The van der Waals surface area contributed by atoms with Crippen molar-refractivity contribution in [3.05, 3.63) is 35.4 Å². The van der Waals surface area contributed by atoms with Crippen LogP contribution in [0.5, 0.6) is 0 Å². The molecule has 0 unspecified atom stereocenters. The Hall–Kier alpha value is -1.00. The van der Waals surface area contributed by atoms with Crippen LogP contribution in [0.15, 0.2) is 23.2 Å². The van der Waals surface area contributed by atoms with Crippen molar-refractivity contribution in [2.75, 3.05) is 46.9 Å². The number of halogens is 3. The third-order valence-electron chi connectivity index (χ3n) is 3.43. The Morgan fingerprint density at radius 3 is 2.68 bits per heavy atom. The summed E-state index contributed by atoms with van der Waals surface area (Å²) in [6.45, 7) is 6.00. The van der Waals surface area contributed by atoms with Crippen molar-refractivity contribution in [2.45, 2.75) is 19.9 Å². The molecule has 0 saturated carbocycles. The van der Waals surface area contributed by atoms with Crippen LogP contribution < -0.4 is 10.6 Å². The summed E-state index contributed by atoms with van der Waals surface area (Å²) in [6.07, 6.45) is 0.986. The van der Waals surface area contributed by atoms with Crippen molar-refractivity contribution >= 4 is 29.9 Å². The number of nitrogens with zero attached hydrogens (tertiary/aromatic N) is 2. The zero-order valence-electron chi connectivity index (χ0n) is 15.1. The van der Waals surface area contributed by atoms with Crippen molar-refractivity contribution in [1.82, 2.24) is 15.5 Å². The lowest BCUT2D eigenvalue weighted by Crippen LogP contribution is -2.41. The van der Waals surface area contributed by atoms with Gasteiger partial charge in [-0.15, -0.1) is 24.0 Å². The lowest BCUT2D eigenvalue weighted by molar-refractivity contribution is 0.180. The van der Waals surface area contributed by atoms with Gasteiger partial charge >= 0.3 is 0 Å². The van der Waals surface area contributed by atoms with Gasteiger partial charge in [-0.25, -0.2) is 13.8 Å². The summed E-state index contributed by atoms with van der Waals surface area (Å²) >= 11 is 0. The Labute approximate surface area is 166 Å². The Morgan fingerprint density at radius 2 is 2.00 bits per heavy atom. The number of hydrogen-bond donors (Lipinski definition) is 2. The lowest BCUT2D eigenvalue weighted by Gasteiger charge is -2.18. The molecule has 25 heavy (non-hydrogen) atoms. The zero-order valence-corrected chi connectivity index (χ0v) is 17.5. The first-order chi connectivity index (χ1) is 11.6. The Bertz CT molecular complexity index is 517. The van der Waals surface area contributed by atoms with Crippen LogP contribution >= 0.6 is 24.0 Å². The molecule has 0 atom stereocenters. The smallest absolute Gasteiger partial charge is 0.191 e. The lowest BCUT2D eigenvalue weighted by atomic mass is 10.2. The topological polar surface area (TPSA) is 48.9 Å². The van der Waals surface area contributed by atoms with Crippen LogP contribution in [0, 0.1) is 11.6 Å². The number of aliphatic imine (C=N–C) groups is 1. The zero-order chi connectivity index (χ0) is 17.8. The van der Waals surface area contributed by atoms with E-state index in [9.17, 15) is 8.78 Å². The molecule has 2 N–H and O–H groups in total. The highest BCUT2D eigenvalue weighted by Crippen LogP contribution is 2.10. The van der Waals surface area contributed by atoms with E-state index < -0.39 is 11.6 Å². The quantitative estimate of drug-likeness (QED) is 0.239. The summed E-state index contributed by atoms with van der Waals surface area (Å²) in [6, 6.07) is 3.40. The fourth-order valence-electron chi connectivity index (χ4n) is 2.13. The molecule has 0 fully saturated rings. The first-order valence-electron chi connectivity index (χ1n) is 8.20. The van der Waals surface area contributed by atoms with Crippen molar-refractivity contribution in [3.8, 4) is 0 Å². The molecule has 1 aromatic carbocycles. The monoisotopic (exact) mass is 470 g/mol.